The largest absolute Gasteiger partial charge is 0.497 e. The average Bonchev–Trinajstić information content (AvgIpc) is 3.17. The van der Waals surface area contributed by atoms with Crippen LogP contribution in [0.1, 0.15) is 0 Å². The van der Waals surface area contributed by atoms with Crippen LogP contribution in [0, 0.1) is 0 Å². The van der Waals surface area contributed by atoms with E-state index in [9.17, 15) is 8.42 Å². The normalized spacial score (nSPS) is 12.5. The maximum atomic E-state index is 12.5. The minimum absolute atomic E-state index is 0.135. The molecule has 0 saturated heterocycles. The first-order valence-corrected chi connectivity index (χ1v) is 9.81. The van der Waals surface area contributed by atoms with Crippen molar-refractivity contribution in [3.8, 4) is 17.2 Å². The molecule has 0 radical (unpaired) electrons. The molecule has 0 aliphatic carbocycles. The van der Waals surface area contributed by atoms with Crippen molar-refractivity contribution in [1.82, 2.24) is 4.98 Å². The quantitative estimate of drug-likeness (QED) is 0.656. The molecule has 0 fully saturated rings. The highest BCUT2D eigenvalue weighted by Gasteiger charge is 2.15. The molecular weight excluding hydrogens is 382 g/mol. The lowest BCUT2D eigenvalue weighted by Crippen LogP contribution is -2.13. The van der Waals surface area contributed by atoms with E-state index < -0.39 is 10.0 Å². The molecule has 28 heavy (non-hydrogen) atoms. The summed E-state index contributed by atoms with van der Waals surface area (Å²) < 4.78 is 43.1. The third-order valence-corrected chi connectivity index (χ3v) is 5.43. The monoisotopic (exact) mass is 399 g/mol. The van der Waals surface area contributed by atoms with Gasteiger partial charge in [-0.25, -0.2) is 13.4 Å². The first kappa shape index (κ1) is 17.9. The minimum Gasteiger partial charge on any atom is -0.497 e. The zero-order chi connectivity index (χ0) is 19.6. The topological polar surface area (TPSA) is 98.8 Å². The van der Waals surface area contributed by atoms with Gasteiger partial charge in [0.05, 0.1) is 23.9 Å². The van der Waals surface area contributed by atoms with E-state index in [-0.39, 0.29) is 11.7 Å². The number of methoxy groups -OCH3 is 1. The molecule has 8 nitrogen and oxygen atoms in total. The number of anilines is 3. The van der Waals surface area contributed by atoms with Crippen LogP contribution in [0.25, 0.3) is 0 Å². The van der Waals surface area contributed by atoms with Crippen molar-refractivity contribution in [2.24, 2.45) is 0 Å². The highest BCUT2D eigenvalue weighted by molar-refractivity contribution is 7.92. The number of fused-ring (bicyclic) bond motifs is 1. The molecule has 9 heteroatoms. The lowest BCUT2D eigenvalue weighted by molar-refractivity contribution is 0.174. The molecule has 0 saturated carbocycles. The summed E-state index contributed by atoms with van der Waals surface area (Å²) in [5, 5.41) is 3.13. The fourth-order valence-corrected chi connectivity index (χ4v) is 3.66. The third kappa shape index (κ3) is 3.79. The molecule has 0 atom stereocenters. The molecule has 0 bridgehead atoms. The third-order valence-electron chi connectivity index (χ3n) is 4.03. The van der Waals surface area contributed by atoms with E-state index in [4.69, 9.17) is 14.2 Å². The maximum Gasteiger partial charge on any atom is 0.261 e. The van der Waals surface area contributed by atoms with Crippen LogP contribution in [-0.4, -0.2) is 27.3 Å². The zero-order valence-corrected chi connectivity index (χ0v) is 15.7. The van der Waals surface area contributed by atoms with E-state index in [0.29, 0.717) is 28.8 Å². The van der Waals surface area contributed by atoms with Crippen molar-refractivity contribution in [2.75, 3.05) is 23.9 Å². The van der Waals surface area contributed by atoms with Gasteiger partial charge in [0.1, 0.15) is 11.6 Å². The van der Waals surface area contributed by atoms with Gasteiger partial charge in [-0.2, -0.15) is 0 Å². The molecule has 0 unspecified atom stereocenters. The van der Waals surface area contributed by atoms with Gasteiger partial charge in [-0.3, -0.25) is 4.72 Å². The van der Waals surface area contributed by atoms with Crippen LogP contribution in [0.4, 0.5) is 17.2 Å². The van der Waals surface area contributed by atoms with Crippen LogP contribution >= 0.6 is 0 Å². The predicted octanol–water partition coefficient (Wildman–Crippen LogP) is 3.36. The van der Waals surface area contributed by atoms with Crippen molar-refractivity contribution >= 4 is 27.2 Å². The zero-order valence-electron chi connectivity index (χ0n) is 14.9. The van der Waals surface area contributed by atoms with E-state index >= 15 is 0 Å². The summed E-state index contributed by atoms with van der Waals surface area (Å²) >= 11 is 0. The molecular formula is C19H17N3O5S. The first-order chi connectivity index (χ1) is 13.5. The summed E-state index contributed by atoms with van der Waals surface area (Å²) in [5.74, 6) is 2.50. The number of hydrogen-bond acceptors (Lipinski definition) is 7. The molecule has 2 heterocycles. The van der Waals surface area contributed by atoms with E-state index in [2.05, 4.69) is 15.0 Å². The highest BCUT2D eigenvalue weighted by atomic mass is 32.2. The molecule has 0 amide bonds. The summed E-state index contributed by atoms with van der Waals surface area (Å²) in [6.07, 6.45) is 1.44. The van der Waals surface area contributed by atoms with Crippen molar-refractivity contribution in [2.45, 2.75) is 4.90 Å². The number of ether oxygens (including phenoxy) is 3. The highest BCUT2D eigenvalue weighted by Crippen LogP contribution is 2.35. The lowest BCUT2D eigenvalue weighted by Gasteiger charge is -2.10. The Morgan fingerprint density at radius 1 is 0.964 bits per heavy atom. The number of rotatable bonds is 6. The van der Waals surface area contributed by atoms with Gasteiger partial charge in [0.25, 0.3) is 10.0 Å². The first-order valence-electron chi connectivity index (χ1n) is 8.33. The fraction of sp³-hybridized carbons (Fsp3) is 0.105. The maximum absolute atomic E-state index is 12.5. The smallest absolute Gasteiger partial charge is 0.261 e. The van der Waals surface area contributed by atoms with Gasteiger partial charge in [0.2, 0.25) is 6.79 Å². The van der Waals surface area contributed by atoms with E-state index in [1.807, 2.05) is 18.2 Å². The second kappa shape index (κ2) is 7.28. The molecule has 2 N–H and O–H groups in total. The summed E-state index contributed by atoms with van der Waals surface area (Å²) in [7, 11) is -2.19. The van der Waals surface area contributed by atoms with Gasteiger partial charge in [0.15, 0.2) is 11.5 Å². The summed E-state index contributed by atoms with van der Waals surface area (Å²) in [4.78, 5) is 4.38. The van der Waals surface area contributed by atoms with Crippen molar-refractivity contribution in [1.29, 1.82) is 0 Å². The summed E-state index contributed by atoms with van der Waals surface area (Å²) in [6, 6.07) is 14.9. The van der Waals surface area contributed by atoms with Gasteiger partial charge in [0, 0.05) is 11.8 Å². The number of pyridine rings is 1. The molecule has 1 aromatic heterocycles. The van der Waals surface area contributed by atoms with Crippen molar-refractivity contribution in [3.05, 3.63) is 60.8 Å². The van der Waals surface area contributed by atoms with E-state index in [1.54, 1.807) is 24.3 Å². The van der Waals surface area contributed by atoms with Gasteiger partial charge >= 0.3 is 0 Å². The molecule has 1 aliphatic heterocycles. The van der Waals surface area contributed by atoms with Crippen molar-refractivity contribution in [3.63, 3.8) is 0 Å². The van der Waals surface area contributed by atoms with E-state index in [1.165, 1.54) is 25.4 Å². The Morgan fingerprint density at radius 3 is 2.43 bits per heavy atom. The lowest BCUT2D eigenvalue weighted by atomic mass is 10.2. The Balaban J connectivity index is 1.45. The molecule has 1 aliphatic rings. The SMILES string of the molecule is COc1ccc(S(=O)(=O)Nc2ccc(Nc3ccc4c(c3)OCO4)nc2)cc1. The van der Waals surface area contributed by atoms with Crippen LogP contribution in [0.3, 0.4) is 0 Å². The van der Waals surface area contributed by atoms with Crippen LogP contribution in [-0.2, 0) is 10.0 Å². The van der Waals surface area contributed by atoms with Gasteiger partial charge in [-0.15, -0.1) is 0 Å². The second-order valence-corrected chi connectivity index (χ2v) is 7.59. The van der Waals surface area contributed by atoms with Crippen LogP contribution in [0.2, 0.25) is 0 Å². The van der Waals surface area contributed by atoms with E-state index in [0.717, 1.165) is 5.69 Å². The Morgan fingerprint density at radius 2 is 1.71 bits per heavy atom. The molecule has 144 valence electrons. The Labute approximate surface area is 162 Å². The Bertz CT molecular complexity index is 1080. The van der Waals surface area contributed by atoms with Crippen LogP contribution in [0.15, 0.2) is 65.7 Å². The van der Waals surface area contributed by atoms with Crippen molar-refractivity contribution < 1.29 is 22.6 Å². The average molecular weight is 399 g/mol. The summed E-state index contributed by atoms with van der Waals surface area (Å²) in [6.45, 7) is 0.208. The number of hydrogen-bond donors (Lipinski definition) is 2. The number of aromatic nitrogens is 1. The standard InChI is InChI=1S/C19H17N3O5S/c1-25-15-4-6-16(7-5-15)28(23,24)22-14-3-9-19(20-11-14)21-13-2-8-17-18(10-13)27-12-26-17/h2-11,22H,12H2,1H3,(H,20,21). The summed E-state index contributed by atoms with van der Waals surface area (Å²) in [5.41, 5.74) is 1.13. The number of nitrogens with zero attached hydrogens (tertiary/aromatic N) is 1. The molecule has 0 spiro atoms. The Hall–Kier alpha value is -3.46. The fourth-order valence-electron chi connectivity index (χ4n) is 2.62. The minimum atomic E-state index is -3.71. The molecule has 3 aromatic rings. The predicted molar refractivity (Wildman–Crippen MR) is 104 cm³/mol. The van der Waals surface area contributed by atoms with Gasteiger partial charge < -0.3 is 19.5 Å². The number of benzene rings is 2. The number of sulfonamides is 1. The Kier molecular flexibility index (Phi) is 4.66. The van der Waals surface area contributed by atoms with Gasteiger partial charge in [-0.1, -0.05) is 0 Å². The second-order valence-electron chi connectivity index (χ2n) is 5.91. The molecule has 2 aromatic carbocycles. The van der Waals surface area contributed by atoms with Crippen LogP contribution < -0.4 is 24.2 Å². The number of nitrogens with one attached hydrogen (secondary N) is 2. The molecule has 4 rings (SSSR count). The van der Waals surface area contributed by atoms with Gasteiger partial charge in [-0.05, 0) is 48.5 Å². The van der Waals surface area contributed by atoms with Crippen LogP contribution in [0.5, 0.6) is 17.2 Å².